The van der Waals surface area contributed by atoms with Crippen LogP contribution in [0.3, 0.4) is 0 Å². The molecule has 0 aromatic carbocycles. The van der Waals surface area contributed by atoms with Crippen molar-refractivity contribution in [3.63, 3.8) is 0 Å². The lowest BCUT2D eigenvalue weighted by Crippen LogP contribution is -2.49. The van der Waals surface area contributed by atoms with E-state index in [1.165, 1.54) is 0 Å². The standard InChI is InChI=1S/C13H18N2O4/c1-8-6-10(15-19-8)13(16)14-9-2-3-11-12(7-9)18-5-4-17-11/h6,9,11-12H,2-5,7H2,1H3,(H,14,16). The topological polar surface area (TPSA) is 73.6 Å². The van der Waals surface area contributed by atoms with Crippen LogP contribution in [0, 0.1) is 6.92 Å². The summed E-state index contributed by atoms with van der Waals surface area (Å²) in [6.07, 6.45) is 2.93. The molecule has 1 aromatic heterocycles. The van der Waals surface area contributed by atoms with E-state index < -0.39 is 0 Å². The molecule has 6 nitrogen and oxygen atoms in total. The van der Waals surface area contributed by atoms with Crippen molar-refractivity contribution >= 4 is 5.91 Å². The van der Waals surface area contributed by atoms with Crippen molar-refractivity contribution in [2.24, 2.45) is 0 Å². The minimum atomic E-state index is -0.183. The molecule has 0 radical (unpaired) electrons. The van der Waals surface area contributed by atoms with Crippen LogP contribution < -0.4 is 5.32 Å². The van der Waals surface area contributed by atoms with Crippen molar-refractivity contribution in [1.29, 1.82) is 0 Å². The first-order chi connectivity index (χ1) is 9.22. The van der Waals surface area contributed by atoms with Crippen LogP contribution in [0.15, 0.2) is 10.6 Å². The quantitative estimate of drug-likeness (QED) is 0.866. The van der Waals surface area contributed by atoms with Gasteiger partial charge in [0.05, 0.1) is 25.4 Å². The normalized spacial score (nSPS) is 30.7. The van der Waals surface area contributed by atoms with Gasteiger partial charge in [0, 0.05) is 12.1 Å². The number of ether oxygens (including phenoxy) is 2. The number of carbonyl (C=O) groups is 1. The molecule has 1 aliphatic carbocycles. The first-order valence-corrected chi connectivity index (χ1v) is 6.70. The van der Waals surface area contributed by atoms with E-state index in [0.717, 1.165) is 19.3 Å². The number of fused-ring (bicyclic) bond motifs is 1. The van der Waals surface area contributed by atoms with Gasteiger partial charge in [-0.1, -0.05) is 5.16 Å². The van der Waals surface area contributed by atoms with Gasteiger partial charge in [-0.3, -0.25) is 4.79 Å². The van der Waals surface area contributed by atoms with Crippen LogP contribution in [0.5, 0.6) is 0 Å². The van der Waals surface area contributed by atoms with E-state index in [4.69, 9.17) is 14.0 Å². The van der Waals surface area contributed by atoms with E-state index in [1.54, 1.807) is 13.0 Å². The molecule has 19 heavy (non-hydrogen) atoms. The zero-order valence-electron chi connectivity index (χ0n) is 10.9. The first-order valence-electron chi connectivity index (χ1n) is 6.70. The van der Waals surface area contributed by atoms with Crippen molar-refractivity contribution in [2.45, 2.75) is 44.4 Å². The van der Waals surface area contributed by atoms with E-state index in [9.17, 15) is 4.79 Å². The lowest BCUT2D eigenvalue weighted by Gasteiger charge is -2.38. The number of amides is 1. The smallest absolute Gasteiger partial charge is 0.273 e. The van der Waals surface area contributed by atoms with Crippen molar-refractivity contribution in [3.8, 4) is 0 Å². The van der Waals surface area contributed by atoms with Gasteiger partial charge in [0.15, 0.2) is 5.69 Å². The SMILES string of the molecule is Cc1cc(C(=O)NC2CCC3OCCOC3C2)no1. The molecular formula is C13H18N2O4. The van der Waals surface area contributed by atoms with Crippen LogP contribution in [0.4, 0.5) is 0 Å². The van der Waals surface area contributed by atoms with E-state index in [1.807, 2.05) is 0 Å². The monoisotopic (exact) mass is 266 g/mol. The second-order valence-corrected chi connectivity index (χ2v) is 5.12. The summed E-state index contributed by atoms with van der Waals surface area (Å²) in [5.74, 6) is 0.454. The summed E-state index contributed by atoms with van der Waals surface area (Å²) in [5, 5.41) is 6.70. The maximum absolute atomic E-state index is 12.0. The lowest BCUT2D eigenvalue weighted by atomic mass is 9.89. The van der Waals surface area contributed by atoms with Gasteiger partial charge >= 0.3 is 0 Å². The fourth-order valence-corrected chi connectivity index (χ4v) is 2.73. The summed E-state index contributed by atoms with van der Waals surface area (Å²) in [5.41, 5.74) is 0.334. The molecule has 1 aliphatic heterocycles. The first kappa shape index (κ1) is 12.6. The second kappa shape index (κ2) is 5.30. The molecular weight excluding hydrogens is 248 g/mol. The largest absolute Gasteiger partial charge is 0.373 e. The number of aromatic nitrogens is 1. The second-order valence-electron chi connectivity index (χ2n) is 5.12. The molecule has 2 aliphatic rings. The maximum atomic E-state index is 12.0. The molecule has 2 heterocycles. The van der Waals surface area contributed by atoms with Crippen LogP contribution in [0.1, 0.15) is 35.5 Å². The molecule has 6 heteroatoms. The molecule has 0 spiro atoms. The average molecular weight is 266 g/mol. The van der Waals surface area contributed by atoms with Gasteiger partial charge in [-0.05, 0) is 26.2 Å². The number of nitrogens with one attached hydrogen (secondary N) is 1. The lowest BCUT2D eigenvalue weighted by molar-refractivity contribution is -0.157. The highest BCUT2D eigenvalue weighted by molar-refractivity contribution is 5.92. The third kappa shape index (κ3) is 2.79. The van der Waals surface area contributed by atoms with E-state index in [2.05, 4.69) is 10.5 Å². The minimum absolute atomic E-state index is 0.104. The highest BCUT2D eigenvalue weighted by Gasteiger charge is 2.34. The molecule has 3 rings (SSSR count). The zero-order valence-corrected chi connectivity index (χ0v) is 10.9. The maximum Gasteiger partial charge on any atom is 0.273 e. The van der Waals surface area contributed by atoms with Gasteiger partial charge < -0.3 is 19.3 Å². The number of rotatable bonds is 2. The summed E-state index contributed by atoms with van der Waals surface area (Å²) in [7, 11) is 0. The minimum Gasteiger partial charge on any atom is -0.373 e. The van der Waals surface area contributed by atoms with Crippen molar-refractivity contribution in [1.82, 2.24) is 10.5 Å². The molecule has 2 fully saturated rings. The van der Waals surface area contributed by atoms with E-state index in [-0.39, 0.29) is 24.2 Å². The average Bonchev–Trinajstić information content (AvgIpc) is 2.85. The zero-order chi connectivity index (χ0) is 13.2. The Bertz CT molecular complexity index is 459. The Balaban J connectivity index is 1.57. The Morgan fingerprint density at radius 2 is 2.11 bits per heavy atom. The molecule has 1 aromatic rings. The van der Waals surface area contributed by atoms with Crippen LogP contribution in [0.2, 0.25) is 0 Å². The molecule has 3 unspecified atom stereocenters. The number of aryl methyl sites for hydroxylation is 1. The highest BCUT2D eigenvalue weighted by Crippen LogP contribution is 2.26. The Morgan fingerprint density at radius 1 is 1.32 bits per heavy atom. The molecule has 104 valence electrons. The van der Waals surface area contributed by atoms with Crippen LogP contribution in [-0.2, 0) is 9.47 Å². The third-order valence-corrected chi connectivity index (χ3v) is 3.67. The molecule has 1 saturated heterocycles. The van der Waals surface area contributed by atoms with Gasteiger partial charge in [0.1, 0.15) is 5.76 Å². The molecule has 1 saturated carbocycles. The van der Waals surface area contributed by atoms with Gasteiger partial charge in [-0.2, -0.15) is 0 Å². The summed E-state index contributed by atoms with van der Waals surface area (Å²) < 4.78 is 16.3. The predicted octanol–water partition coefficient (Wildman–Crippen LogP) is 1.05. The van der Waals surface area contributed by atoms with Crippen LogP contribution in [-0.4, -0.2) is 42.5 Å². The Labute approximate surface area is 111 Å². The Morgan fingerprint density at radius 3 is 2.84 bits per heavy atom. The molecule has 1 amide bonds. The fraction of sp³-hybridized carbons (Fsp3) is 0.692. The summed E-state index contributed by atoms with van der Waals surface area (Å²) in [6.45, 7) is 3.09. The number of hydrogen-bond acceptors (Lipinski definition) is 5. The van der Waals surface area contributed by atoms with Gasteiger partial charge in [-0.25, -0.2) is 0 Å². The van der Waals surface area contributed by atoms with Gasteiger partial charge in [-0.15, -0.1) is 0 Å². The molecule has 0 bridgehead atoms. The van der Waals surface area contributed by atoms with Crippen molar-refractivity contribution in [2.75, 3.05) is 13.2 Å². The molecule has 3 atom stereocenters. The number of carbonyl (C=O) groups excluding carboxylic acids is 1. The van der Waals surface area contributed by atoms with Crippen molar-refractivity contribution in [3.05, 3.63) is 17.5 Å². The summed E-state index contributed by atoms with van der Waals surface area (Å²) in [4.78, 5) is 12.0. The van der Waals surface area contributed by atoms with Crippen molar-refractivity contribution < 1.29 is 18.8 Å². The van der Waals surface area contributed by atoms with E-state index >= 15 is 0 Å². The molecule has 1 N–H and O–H groups in total. The highest BCUT2D eigenvalue weighted by atomic mass is 16.6. The number of nitrogens with zero attached hydrogens (tertiary/aromatic N) is 1. The van der Waals surface area contributed by atoms with Gasteiger partial charge in [0.25, 0.3) is 5.91 Å². The fourth-order valence-electron chi connectivity index (χ4n) is 2.73. The predicted molar refractivity (Wildman–Crippen MR) is 65.8 cm³/mol. The number of hydrogen-bond donors (Lipinski definition) is 1. The summed E-state index contributed by atoms with van der Waals surface area (Å²) >= 11 is 0. The van der Waals surface area contributed by atoms with Gasteiger partial charge in [0.2, 0.25) is 0 Å². The third-order valence-electron chi connectivity index (χ3n) is 3.67. The summed E-state index contributed by atoms with van der Waals surface area (Å²) in [6, 6.07) is 1.76. The van der Waals surface area contributed by atoms with E-state index in [0.29, 0.717) is 24.7 Å². The Hall–Kier alpha value is -1.40. The van der Waals surface area contributed by atoms with Crippen LogP contribution in [0.25, 0.3) is 0 Å². The van der Waals surface area contributed by atoms with Crippen LogP contribution >= 0.6 is 0 Å². The Kier molecular flexibility index (Phi) is 3.52.